The Labute approximate surface area is 180 Å². The average molecular weight is 421 g/mol. The van der Waals surface area contributed by atoms with Gasteiger partial charge in [0.15, 0.2) is 6.54 Å². The minimum Gasteiger partial charge on any atom is -0.365 e. The van der Waals surface area contributed by atoms with Crippen LogP contribution in [0.15, 0.2) is 60.7 Å². The van der Waals surface area contributed by atoms with Crippen molar-refractivity contribution >= 4 is 28.2 Å². The molecule has 0 spiro atoms. The molecule has 1 atom stereocenters. The number of carbonyl (C=O) groups excluding carboxylic acids is 2. The Morgan fingerprint density at radius 3 is 2.20 bits per heavy atom. The van der Waals surface area contributed by atoms with Crippen LogP contribution in [0.4, 0.5) is 5.00 Å². The van der Waals surface area contributed by atoms with E-state index >= 15 is 0 Å². The van der Waals surface area contributed by atoms with Crippen LogP contribution in [-0.2, 0) is 17.6 Å². The first-order chi connectivity index (χ1) is 14.5. The Bertz CT molecular complexity index is 1010. The molecule has 0 bridgehead atoms. The van der Waals surface area contributed by atoms with E-state index in [-0.39, 0.29) is 18.5 Å². The molecule has 3 aromatic rings. The molecule has 6 heteroatoms. The minimum absolute atomic E-state index is 0.0297. The lowest BCUT2D eigenvalue weighted by Crippen LogP contribution is -3.10. The third-order valence-corrected chi connectivity index (χ3v) is 6.83. The number of benzene rings is 2. The van der Waals surface area contributed by atoms with Crippen LogP contribution in [-0.4, -0.2) is 25.4 Å². The molecule has 4 rings (SSSR count). The summed E-state index contributed by atoms with van der Waals surface area (Å²) < 4.78 is 0. The van der Waals surface area contributed by atoms with Gasteiger partial charge in [-0.1, -0.05) is 60.7 Å². The van der Waals surface area contributed by atoms with Crippen LogP contribution in [0.5, 0.6) is 0 Å². The van der Waals surface area contributed by atoms with E-state index in [0.29, 0.717) is 10.6 Å². The lowest BCUT2D eigenvalue weighted by molar-refractivity contribution is -0.897. The highest BCUT2D eigenvalue weighted by atomic mass is 32.1. The van der Waals surface area contributed by atoms with Gasteiger partial charge in [-0.3, -0.25) is 9.59 Å². The van der Waals surface area contributed by atoms with Crippen molar-refractivity contribution in [2.45, 2.75) is 25.3 Å². The quantitative estimate of drug-likeness (QED) is 0.549. The number of rotatable bonds is 7. The van der Waals surface area contributed by atoms with Gasteiger partial charge in [-0.25, -0.2) is 0 Å². The molecular formula is C24H26N3O2S+. The van der Waals surface area contributed by atoms with Gasteiger partial charge in [0.2, 0.25) is 0 Å². The van der Waals surface area contributed by atoms with Crippen molar-refractivity contribution in [1.29, 1.82) is 0 Å². The lowest BCUT2D eigenvalue weighted by atomic mass is 9.97. The van der Waals surface area contributed by atoms with Crippen LogP contribution in [0.2, 0.25) is 0 Å². The first kappa shape index (κ1) is 20.3. The molecule has 0 fully saturated rings. The van der Waals surface area contributed by atoms with Gasteiger partial charge in [-0.15, -0.1) is 11.3 Å². The van der Waals surface area contributed by atoms with E-state index in [2.05, 4.69) is 29.6 Å². The van der Waals surface area contributed by atoms with Crippen LogP contribution in [0, 0.1) is 0 Å². The fourth-order valence-corrected chi connectivity index (χ4v) is 5.64. The van der Waals surface area contributed by atoms with Crippen LogP contribution in [0.1, 0.15) is 44.4 Å². The molecule has 1 unspecified atom stereocenters. The molecule has 0 saturated heterocycles. The van der Waals surface area contributed by atoms with Gasteiger partial charge in [0, 0.05) is 16.0 Å². The van der Waals surface area contributed by atoms with Gasteiger partial charge in [0.25, 0.3) is 11.8 Å². The zero-order valence-electron chi connectivity index (χ0n) is 17.0. The van der Waals surface area contributed by atoms with Gasteiger partial charge < -0.3 is 16.0 Å². The maximum Gasteiger partial charge on any atom is 0.280 e. The van der Waals surface area contributed by atoms with Gasteiger partial charge in [-0.2, -0.15) is 0 Å². The zero-order chi connectivity index (χ0) is 21.1. The number of thiophene rings is 1. The lowest BCUT2D eigenvalue weighted by Gasteiger charge is -2.25. The molecule has 1 heterocycles. The Kier molecular flexibility index (Phi) is 5.97. The fourth-order valence-electron chi connectivity index (χ4n) is 4.33. The Hall–Kier alpha value is -2.96. The highest BCUT2D eigenvalue weighted by Gasteiger charge is 2.28. The largest absolute Gasteiger partial charge is 0.365 e. The molecule has 2 amide bonds. The van der Waals surface area contributed by atoms with Crippen molar-refractivity contribution in [3.63, 3.8) is 0 Å². The van der Waals surface area contributed by atoms with Gasteiger partial charge >= 0.3 is 0 Å². The number of fused-ring (bicyclic) bond motifs is 1. The maximum atomic E-state index is 12.9. The third-order valence-electron chi connectivity index (χ3n) is 5.62. The fraction of sp³-hybridized carbons (Fsp3) is 0.250. The number of amides is 2. The summed E-state index contributed by atoms with van der Waals surface area (Å²) >= 11 is 1.49. The van der Waals surface area contributed by atoms with E-state index in [4.69, 9.17) is 5.73 Å². The summed E-state index contributed by atoms with van der Waals surface area (Å²) in [6, 6.07) is 20.5. The Morgan fingerprint density at radius 2 is 1.63 bits per heavy atom. The summed E-state index contributed by atoms with van der Waals surface area (Å²) in [6.45, 7) is 0.273. The van der Waals surface area contributed by atoms with Crippen molar-refractivity contribution in [2.75, 3.05) is 18.9 Å². The second-order valence-electron chi connectivity index (χ2n) is 7.75. The van der Waals surface area contributed by atoms with Crippen LogP contribution < -0.4 is 16.0 Å². The normalized spacial score (nSPS) is 13.8. The number of nitrogens with two attached hydrogens (primary N) is 1. The minimum atomic E-state index is -0.461. The van der Waals surface area contributed by atoms with E-state index in [1.54, 1.807) is 0 Å². The summed E-state index contributed by atoms with van der Waals surface area (Å²) in [7, 11) is 2.02. The topological polar surface area (TPSA) is 76.6 Å². The van der Waals surface area contributed by atoms with Crippen molar-refractivity contribution < 1.29 is 14.5 Å². The molecule has 1 aromatic heterocycles. The number of carbonyl (C=O) groups is 2. The number of aryl methyl sites for hydroxylation is 1. The summed E-state index contributed by atoms with van der Waals surface area (Å²) in [5.74, 6) is -0.580. The van der Waals surface area contributed by atoms with E-state index in [9.17, 15) is 9.59 Å². The van der Waals surface area contributed by atoms with Gasteiger partial charge in [0.05, 0.1) is 12.6 Å². The number of hydrogen-bond acceptors (Lipinski definition) is 3. The van der Waals surface area contributed by atoms with Crippen LogP contribution >= 0.6 is 11.3 Å². The number of primary amides is 1. The van der Waals surface area contributed by atoms with E-state index < -0.39 is 5.91 Å². The van der Waals surface area contributed by atoms with Crippen LogP contribution in [0.25, 0.3) is 0 Å². The summed E-state index contributed by atoms with van der Waals surface area (Å²) in [5.41, 5.74) is 9.45. The highest BCUT2D eigenvalue weighted by Crippen LogP contribution is 2.38. The molecule has 1 aliphatic carbocycles. The summed E-state index contributed by atoms with van der Waals surface area (Å²) in [6.07, 6.45) is 2.85. The van der Waals surface area contributed by atoms with Gasteiger partial charge in [-0.05, 0) is 24.8 Å². The number of nitrogens with one attached hydrogen (secondary N) is 2. The van der Waals surface area contributed by atoms with Gasteiger partial charge in [0.1, 0.15) is 11.0 Å². The maximum absolute atomic E-state index is 12.9. The standard InChI is InChI=1S/C24H25N3O2S/c1-27(22(16-9-4-2-5-10-16)17-11-6-3-7-12-17)15-20(28)26-24-21(23(25)29)18-13-8-14-19(18)30-24/h2-7,9-12,22H,8,13-15H2,1H3,(H2,25,29)(H,26,28)/p+1. The molecule has 2 aromatic carbocycles. The zero-order valence-corrected chi connectivity index (χ0v) is 17.8. The highest BCUT2D eigenvalue weighted by molar-refractivity contribution is 7.17. The summed E-state index contributed by atoms with van der Waals surface area (Å²) in [5, 5.41) is 3.57. The van der Waals surface area contributed by atoms with E-state index in [1.807, 2.05) is 43.4 Å². The number of anilines is 1. The smallest absolute Gasteiger partial charge is 0.280 e. The molecule has 5 nitrogen and oxygen atoms in total. The molecule has 0 aliphatic heterocycles. The number of likely N-dealkylation sites (N-methyl/N-ethyl adjacent to an activating group) is 1. The van der Waals surface area contributed by atoms with E-state index in [1.165, 1.54) is 16.2 Å². The predicted molar refractivity (Wildman–Crippen MR) is 120 cm³/mol. The van der Waals surface area contributed by atoms with E-state index in [0.717, 1.165) is 40.9 Å². The molecule has 154 valence electrons. The Balaban J connectivity index is 1.54. The first-order valence-electron chi connectivity index (χ1n) is 10.2. The molecule has 30 heavy (non-hydrogen) atoms. The second-order valence-corrected chi connectivity index (χ2v) is 8.86. The summed E-state index contributed by atoms with van der Waals surface area (Å²) in [4.78, 5) is 27.1. The molecule has 1 aliphatic rings. The molecule has 4 N–H and O–H groups in total. The van der Waals surface area contributed by atoms with Crippen molar-refractivity contribution in [1.82, 2.24) is 0 Å². The third kappa shape index (κ3) is 4.15. The first-order valence-corrected chi connectivity index (χ1v) is 11.0. The molecule has 0 radical (unpaired) electrons. The Morgan fingerprint density at radius 1 is 1.03 bits per heavy atom. The number of hydrogen-bond donors (Lipinski definition) is 3. The molecular weight excluding hydrogens is 394 g/mol. The number of quaternary nitrogens is 1. The molecule has 0 saturated carbocycles. The SMILES string of the molecule is C[NH+](CC(=O)Nc1sc2c(c1C(N)=O)CCC2)C(c1ccccc1)c1ccccc1. The predicted octanol–water partition coefficient (Wildman–Crippen LogP) is 2.58. The van der Waals surface area contributed by atoms with Crippen molar-refractivity contribution in [2.24, 2.45) is 5.73 Å². The second kappa shape index (κ2) is 8.81. The average Bonchev–Trinajstić information content (AvgIpc) is 3.30. The monoisotopic (exact) mass is 420 g/mol. The van der Waals surface area contributed by atoms with Crippen LogP contribution in [0.3, 0.4) is 0 Å². The van der Waals surface area contributed by atoms with Crippen molar-refractivity contribution in [3.05, 3.63) is 87.8 Å². The van der Waals surface area contributed by atoms with Crippen molar-refractivity contribution in [3.8, 4) is 0 Å².